The van der Waals surface area contributed by atoms with Crippen LogP contribution in [0, 0.1) is 5.92 Å². The predicted molar refractivity (Wildman–Crippen MR) is 44.9 cm³/mol. The standard InChI is InChI=1S/C9H15NO/c1-3-7-4-5-8(10)9(7)6(2)11/h7H,3-5,10H2,1-2H3. The van der Waals surface area contributed by atoms with Crippen molar-refractivity contribution >= 4 is 5.78 Å². The predicted octanol–water partition coefficient (Wildman–Crippen LogP) is 1.61. The SMILES string of the molecule is CCC1CCC(N)=C1C(C)=O. The normalized spacial score (nSPS) is 24.4. The monoisotopic (exact) mass is 153 g/mol. The van der Waals surface area contributed by atoms with E-state index in [-0.39, 0.29) is 5.78 Å². The van der Waals surface area contributed by atoms with E-state index in [1.807, 2.05) is 0 Å². The molecular weight excluding hydrogens is 138 g/mol. The van der Waals surface area contributed by atoms with Crippen molar-refractivity contribution in [2.75, 3.05) is 0 Å². The van der Waals surface area contributed by atoms with Crippen LogP contribution in [-0.4, -0.2) is 5.78 Å². The second-order valence-corrected chi connectivity index (χ2v) is 3.14. The molecule has 0 heterocycles. The Bertz CT molecular complexity index is 206. The van der Waals surface area contributed by atoms with Gasteiger partial charge in [0.1, 0.15) is 0 Å². The molecule has 2 heteroatoms. The van der Waals surface area contributed by atoms with E-state index < -0.39 is 0 Å². The topological polar surface area (TPSA) is 43.1 Å². The lowest BCUT2D eigenvalue weighted by Crippen LogP contribution is -2.08. The maximum Gasteiger partial charge on any atom is 0.157 e. The fourth-order valence-electron chi connectivity index (χ4n) is 1.79. The van der Waals surface area contributed by atoms with E-state index in [4.69, 9.17) is 5.73 Å². The molecule has 0 aromatic rings. The minimum absolute atomic E-state index is 0.159. The highest BCUT2D eigenvalue weighted by atomic mass is 16.1. The third-order valence-electron chi connectivity index (χ3n) is 2.39. The highest BCUT2D eigenvalue weighted by Gasteiger charge is 2.25. The van der Waals surface area contributed by atoms with Gasteiger partial charge in [-0.1, -0.05) is 6.92 Å². The van der Waals surface area contributed by atoms with Crippen LogP contribution in [0.5, 0.6) is 0 Å². The number of carbonyl (C=O) groups is 1. The second-order valence-electron chi connectivity index (χ2n) is 3.14. The lowest BCUT2D eigenvalue weighted by molar-refractivity contribution is -0.114. The molecule has 1 rings (SSSR count). The first-order valence-electron chi connectivity index (χ1n) is 4.16. The van der Waals surface area contributed by atoms with Crippen molar-refractivity contribution in [2.24, 2.45) is 11.7 Å². The number of hydrogen-bond acceptors (Lipinski definition) is 2. The van der Waals surface area contributed by atoms with E-state index in [2.05, 4.69) is 6.92 Å². The number of rotatable bonds is 2. The minimum atomic E-state index is 0.159. The molecule has 2 nitrogen and oxygen atoms in total. The molecule has 0 aliphatic heterocycles. The molecule has 0 spiro atoms. The van der Waals surface area contributed by atoms with Gasteiger partial charge in [-0.25, -0.2) is 0 Å². The maximum absolute atomic E-state index is 11.1. The fraction of sp³-hybridized carbons (Fsp3) is 0.667. The molecule has 11 heavy (non-hydrogen) atoms. The molecule has 1 aliphatic carbocycles. The van der Waals surface area contributed by atoms with Gasteiger partial charge in [0, 0.05) is 11.3 Å². The van der Waals surface area contributed by atoms with Gasteiger partial charge in [0.05, 0.1) is 0 Å². The Kier molecular flexibility index (Phi) is 2.32. The van der Waals surface area contributed by atoms with Crippen molar-refractivity contribution in [1.29, 1.82) is 0 Å². The van der Waals surface area contributed by atoms with Crippen LogP contribution in [0.1, 0.15) is 33.1 Å². The van der Waals surface area contributed by atoms with Crippen LogP contribution < -0.4 is 5.73 Å². The second kappa shape index (κ2) is 3.07. The number of nitrogens with two attached hydrogens (primary N) is 1. The Hall–Kier alpha value is -0.790. The summed E-state index contributed by atoms with van der Waals surface area (Å²) in [4.78, 5) is 11.1. The van der Waals surface area contributed by atoms with Gasteiger partial charge in [0.15, 0.2) is 5.78 Å². The molecule has 0 aromatic heterocycles. The fourth-order valence-corrected chi connectivity index (χ4v) is 1.79. The summed E-state index contributed by atoms with van der Waals surface area (Å²) in [5, 5.41) is 0. The molecule has 1 aliphatic rings. The van der Waals surface area contributed by atoms with E-state index in [0.29, 0.717) is 5.92 Å². The van der Waals surface area contributed by atoms with Crippen LogP contribution in [0.3, 0.4) is 0 Å². The summed E-state index contributed by atoms with van der Waals surface area (Å²) in [6.45, 7) is 3.71. The highest BCUT2D eigenvalue weighted by molar-refractivity contribution is 5.94. The molecule has 0 fully saturated rings. The van der Waals surface area contributed by atoms with E-state index in [1.54, 1.807) is 6.92 Å². The van der Waals surface area contributed by atoms with E-state index in [0.717, 1.165) is 30.5 Å². The van der Waals surface area contributed by atoms with Crippen molar-refractivity contribution in [3.8, 4) is 0 Å². The molecule has 0 amide bonds. The molecule has 0 radical (unpaired) electrons. The number of Topliss-reactive ketones (excluding diaryl/α,β-unsaturated/α-hetero) is 1. The summed E-state index contributed by atoms with van der Waals surface area (Å²) in [5.74, 6) is 0.597. The largest absolute Gasteiger partial charge is 0.402 e. The first-order valence-corrected chi connectivity index (χ1v) is 4.16. The van der Waals surface area contributed by atoms with Gasteiger partial charge in [0.2, 0.25) is 0 Å². The molecule has 1 unspecified atom stereocenters. The summed E-state index contributed by atoms with van der Waals surface area (Å²) in [5.41, 5.74) is 7.42. The lowest BCUT2D eigenvalue weighted by Gasteiger charge is -2.08. The van der Waals surface area contributed by atoms with Crippen LogP contribution in [0.4, 0.5) is 0 Å². The van der Waals surface area contributed by atoms with Crippen LogP contribution in [0.2, 0.25) is 0 Å². The number of ketones is 1. The Balaban J connectivity index is 2.84. The van der Waals surface area contributed by atoms with Gasteiger partial charge in [-0.3, -0.25) is 4.79 Å². The van der Waals surface area contributed by atoms with E-state index >= 15 is 0 Å². The van der Waals surface area contributed by atoms with Crippen molar-refractivity contribution in [3.05, 3.63) is 11.3 Å². The lowest BCUT2D eigenvalue weighted by atomic mass is 9.96. The first-order chi connectivity index (χ1) is 5.16. The average molecular weight is 153 g/mol. The third kappa shape index (κ3) is 1.44. The van der Waals surface area contributed by atoms with Crippen molar-refractivity contribution in [2.45, 2.75) is 33.1 Å². The van der Waals surface area contributed by atoms with E-state index in [1.165, 1.54) is 0 Å². The van der Waals surface area contributed by atoms with Crippen LogP contribution in [0.15, 0.2) is 11.3 Å². The summed E-state index contributed by atoms with van der Waals surface area (Å²) in [7, 11) is 0. The summed E-state index contributed by atoms with van der Waals surface area (Å²) in [6, 6.07) is 0. The Labute approximate surface area is 67.5 Å². The maximum atomic E-state index is 11.1. The van der Waals surface area contributed by atoms with Crippen molar-refractivity contribution < 1.29 is 4.79 Å². The first kappa shape index (κ1) is 8.31. The van der Waals surface area contributed by atoms with Gasteiger partial charge in [-0.05, 0) is 32.1 Å². The zero-order valence-corrected chi connectivity index (χ0v) is 7.18. The van der Waals surface area contributed by atoms with Gasteiger partial charge < -0.3 is 5.73 Å². The van der Waals surface area contributed by atoms with Crippen LogP contribution >= 0.6 is 0 Å². The number of carbonyl (C=O) groups excluding carboxylic acids is 1. The van der Waals surface area contributed by atoms with Gasteiger partial charge in [0.25, 0.3) is 0 Å². The Morgan fingerprint density at radius 1 is 1.73 bits per heavy atom. The molecule has 1 atom stereocenters. The van der Waals surface area contributed by atoms with Crippen molar-refractivity contribution in [3.63, 3.8) is 0 Å². The van der Waals surface area contributed by atoms with Gasteiger partial charge in [-0.2, -0.15) is 0 Å². The number of allylic oxidation sites excluding steroid dienone is 2. The Morgan fingerprint density at radius 2 is 2.36 bits per heavy atom. The van der Waals surface area contributed by atoms with Gasteiger partial charge in [-0.15, -0.1) is 0 Å². The molecule has 0 aromatic carbocycles. The summed E-state index contributed by atoms with van der Waals surface area (Å²) < 4.78 is 0. The van der Waals surface area contributed by atoms with Crippen LogP contribution in [0.25, 0.3) is 0 Å². The van der Waals surface area contributed by atoms with Crippen molar-refractivity contribution in [1.82, 2.24) is 0 Å². The zero-order chi connectivity index (χ0) is 8.43. The highest BCUT2D eigenvalue weighted by Crippen LogP contribution is 2.31. The van der Waals surface area contributed by atoms with Gasteiger partial charge >= 0.3 is 0 Å². The minimum Gasteiger partial charge on any atom is -0.402 e. The smallest absolute Gasteiger partial charge is 0.157 e. The molecule has 2 N–H and O–H groups in total. The molecule has 0 saturated heterocycles. The molecule has 0 bridgehead atoms. The Morgan fingerprint density at radius 3 is 2.73 bits per heavy atom. The van der Waals surface area contributed by atoms with Crippen LogP contribution in [-0.2, 0) is 4.79 Å². The zero-order valence-electron chi connectivity index (χ0n) is 7.18. The summed E-state index contributed by atoms with van der Waals surface area (Å²) in [6.07, 6.45) is 3.01. The molecule has 0 saturated carbocycles. The summed E-state index contributed by atoms with van der Waals surface area (Å²) >= 11 is 0. The average Bonchev–Trinajstić information content (AvgIpc) is 2.30. The molecule has 62 valence electrons. The van der Waals surface area contributed by atoms with E-state index in [9.17, 15) is 4.79 Å². The molecular formula is C9H15NO. The quantitative estimate of drug-likeness (QED) is 0.655. The third-order valence-corrected chi connectivity index (χ3v) is 2.39. The number of hydrogen-bond donors (Lipinski definition) is 1.